The van der Waals surface area contributed by atoms with E-state index in [4.69, 9.17) is 28.4 Å². The fourth-order valence-corrected chi connectivity index (χ4v) is 4.18. The lowest BCUT2D eigenvalue weighted by Gasteiger charge is -2.44. The topological polar surface area (TPSA) is 72.5 Å². The Morgan fingerprint density at radius 1 is 0.706 bits per heavy atom. The Hall–Kier alpha value is -2.77. The number of ether oxygens (including phenoxy) is 6. The molecule has 0 aromatic heterocycles. The van der Waals surface area contributed by atoms with Crippen LogP contribution in [0.25, 0.3) is 0 Å². The molecule has 2 unspecified atom stereocenters. The number of rotatable bonds is 10. The van der Waals surface area contributed by atoms with Crippen LogP contribution in [0.1, 0.15) is 51.0 Å². The molecule has 0 N–H and O–H groups in total. The van der Waals surface area contributed by atoms with Crippen molar-refractivity contribution >= 4 is 6.16 Å². The maximum Gasteiger partial charge on any atom is 0.508 e. The molecule has 2 aromatic rings. The van der Waals surface area contributed by atoms with Crippen LogP contribution in [0.5, 0.6) is 11.5 Å². The molecule has 2 atom stereocenters. The Morgan fingerprint density at radius 3 is 1.38 bits per heavy atom. The molecule has 2 saturated heterocycles. The van der Waals surface area contributed by atoms with Gasteiger partial charge in [-0.25, -0.2) is 4.79 Å². The minimum absolute atomic E-state index is 0.0985. The third kappa shape index (κ3) is 5.83. The average Bonchev–Trinajstić information content (AvgIpc) is 2.80. The molecule has 0 spiro atoms. The quantitative estimate of drug-likeness (QED) is 0.336. The number of carbonyl (C=O) groups is 1. The maximum absolute atomic E-state index is 11.7. The molecule has 0 amide bonds. The van der Waals surface area contributed by atoms with Gasteiger partial charge in [-0.3, -0.25) is 0 Å². The van der Waals surface area contributed by atoms with E-state index in [0.717, 1.165) is 24.3 Å². The van der Waals surface area contributed by atoms with Crippen LogP contribution in [0.2, 0.25) is 0 Å². The first-order valence-corrected chi connectivity index (χ1v) is 11.7. The number of carbonyl (C=O) groups excluding carboxylic acids is 1. The molecule has 4 rings (SSSR count). The molecule has 34 heavy (non-hydrogen) atoms. The van der Waals surface area contributed by atoms with Crippen LogP contribution in [0, 0.1) is 10.8 Å². The molecule has 0 aliphatic carbocycles. The molecule has 184 valence electrons. The van der Waals surface area contributed by atoms with Crippen molar-refractivity contribution in [3.63, 3.8) is 0 Å². The standard InChI is InChI=1S/C27H34O7/c1-26(2)17-33-23(26)19-5-9-21(10-6-19)29-13-15-31-25(28)32-16-14-30-22-11-7-20(8-12-22)24-27(3,4)18-34-24/h5-12,23-24H,13-18H2,1-4H3. The first kappa shape index (κ1) is 24.4. The Balaban J connectivity index is 1.06. The van der Waals surface area contributed by atoms with Gasteiger partial charge in [0.2, 0.25) is 0 Å². The number of hydrogen-bond donors (Lipinski definition) is 0. The lowest BCUT2D eigenvalue weighted by molar-refractivity contribution is -0.172. The maximum atomic E-state index is 11.7. The zero-order valence-corrected chi connectivity index (χ0v) is 20.4. The van der Waals surface area contributed by atoms with Gasteiger partial charge in [-0.2, -0.15) is 0 Å². The molecule has 7 nitrogen and oxygen atoms in total. The van der Waals surface area contributed by atoms with E-state index in [-0.39, 0.29) is 49.5 Å². The molecule has 2 fully saturated rings. The van der Waals surface area contributed by atoms with E-state index >= 15 is 0 Å². The van der Waals surface area contributed by atoms with E-state index in [1.54, 1.807) is 0 Å². The highest BCUT2D eigenvalue weighted by molar-refractivity contribution is 5.59. The van der Waals surface area contributed by atoms with E-state index in [1.165, 1.54) is 0 Å². The van der Waals surface area contributed by atoms with Gasteiger partial charge in [0, 0.05) is 10.8 Å². The molecule has 0 radical (unpaired) electrons. The van der Waals surface area contributed by atoms with Gasteiger partial charge in [-0.15, -0.1) is 0 Å². The first-order chi connectivity index (χ1) is 16.2. The van der Waals surface area contributed by atoms with Gasteiger partial charge in [0.1, 0.15) is 37.9 Å². The molecule has 7 heteroatoms. The van der Waals surface area contributed by atoms with Crippen molar-refractivity contribution in [1.29, 1.82) is 0 Å². The van der Waals surface area contributed by atoms with Gasteiger partial charge in [0.05, 0.1) is 25.4 Å². The minimum atomic E-state index is -0.744. The SMILES string of the molecule is CC1(C)COC1c1ccc(OCCOC(=O)OCCOc2ccc(C3OCC3(C)C)cc2)cc1. The molecular weight excluding hydrogens is 436 g/mol. The Kier molecular flexibility index (Phi) is 7.33. The molecule has 2 aliphatic heterocycles. The third-order valence-electron chi connectivity index (χ3n) is 6.17. The molecule has 0 saturated carbocycles. The lowest BCUT2D eigenvalue weighted by atomic mass is 9.79. The highest BCUT2D eigenvalue weighted by Gasteiger charge is 2.41. The van der Waals surface area contributed by atoms with E-state index in [0.29, 0.717) is 11.5 Å². The second-order valence-corrected chi connectivity index (χ2v) is 10.1. The van der Waals surface area contributed by atoms with Crippen LogP contribution in [0.3, 0.4) is 0 Å². The van der Waals surface area contributed by atoms with E-state index < -0.39 is 6.16 Å². The highest BCUT2D eigenvalue weighted by atomic mass is 16.7. The van der Waals surface area contributed by atoms with Gasteiger partial charge in [-0.1, -0.05) is 52.0 Å². The van der Waals surface area contributed by atoms with Crippen molar-refractivity contribution in [3.8, 4) is 11.5 Å². The Labute approximate surface area is 201 Å². The van der Waals surface area contributed by atoms with Crippen molar-refractivity contribution < 1.29 is 33.2 Å². The Morgan fingerprint density at radius 2 is 1.09 bits per heavy atom. The summed E-state index contributed by atoms with van der Waals surface area (Å²) in [5, 5.41) is 0. The zero-order chi connectivity index (χ0) is 24.2. The molecular formula is C27H34O7. The fraction of sp³-hybridized carbons (Fsp3) is 0.519. The summed E-state index contributed by atoms with van der Waals surface area (Å²) < 4.78 is 32.6. The normalized spacial score (nSPS) is 22.1. The second kappa shape index (κ2) is 10.2. The van der Waals surface area contributed by atoms with Gasteiger partial charge < -0.3 is 28.4 Å². The van der Waals surface area contributed by atoms with E-state index in [2.05, 4.69) is 27.7 Å². The fourth-order valence-electron chi connectivity index (χ4n) is 4.18. The monoisotopic (exact) mass is 470 g/mol. The second-order valence-electron chi connectivity index (χ2n) is 10.1. The van der Waals surface area contributed by atoms with Crippen LogP contribution in [-0.4, -0.2) is 45.8 Å². The van der Waals surface area contributed by atoms with E-state index in [9.17, 15) is 4.79 Å². The summed E-state index contributed by atoms with van der Waals surface area (Å²) in [5.74, 6) is 1.43. The van der Waals surface area contributed by atoms with Crippen LogP contribution >= 0.6 is 0 Å². The van der Waals surface area contributed by atoms with Gasteiger partial charge in [0.15, 0.2) is 0 Å². The van der Waals surface area contributed by atoms with Crippen molar-refractivity contribution in [1.82, 2.24) is 0 Å². The smallest absolute Gasteiger partial charge is 0.490 e. The zero-order valence-electron chi connectivity index (χ0n) is 20.4. The van der Waals surface area contributed by atoms with Crippen LogP contribution in [0.15, 0.2) is 48.5 Å². The summed E-state index contributed by atoms with van der Waals surface area (Å²) in [5.41, 5.74) is 2.60. The van der Waals surface area contributed by atoms with Gasteiger partial charge in [0.25, 0.3) is 0 Å². The summed E-state index contributed by atoms with van der Waals surface area (Å²) in [6.45, 7) is 11.0. The van der Waals surface area contributed by atoms with Crippen molar-refractivity contribution in [2.45, 2.75) is 39.9 Å². The summed E-state index contributed by atoms with van der Waals surface area (Å²) in [6, 6.07) is 15.6. The molecule has 2 aliphatic rings. The van der Waals surface area contributed by atoms with Gasteiger partial charge in [-0.05, 0) is 35.4 Å². The lowest BCUT2D eigenvalue weighted by Crippen LogP contribution is -2.40. The summed E-state index contributed by atoms with van der Waals surface area (Å²) >= 11 is 0. The third-order valence-corrected chi connectivity index (χ3v) is 6.17. The van der Waals surface area contributed by atoms with Crippen LogP contribution in [-0.2, 0) is 18.9 Å². The van der Waals surface area contributed by atoms with E-state index in [1.807, 2.05) is 48.5 Å². The van der Waals surface area contributed by atoms with Crippen molar-refractivity contribution in [2.75, 3.05) is 39.6 Å². The average molecular weight is 471 g/mol. The summed E-state index contributed by atoms with van der Waals surface area (Å²) in [4.78, 5) is 11.7. The Bertz CT molecular complexity index is 872. The first-order valence-electron chi connectivity index (χ1n) is 11.7. The molecule has 2 aromatic carbocycles. The van der Waals surface area contributed by atoms with Crippen molar-refractivity contribution in [3.05, 3.63) is 59.7 Å². The summed E-state index contributed by atoms with van der Waals surface area (Å²) in [6.07, 6.45) is -0.499. The molecule has 2 heterocycles. The predicted octanol–water partition coefficient (Wildman–Crippen LogP) is 5.49. The summed E-state index contributed by atoms with van der Waals surface area (Å²) in [7, 11) is 0. The number of benzene rings is 2. The van der Waals surface area contributed by atoms with Crippen LogP contribution < -0.4 is 9.47 Å². The molecule has 0 bridgehead atoms. The number of hydrogen-bond acceptors (Lipinski definition) is 7. The predicted molar refractivity (Wildman–Crippen MR) is 126 cm³/mol. The van der Waals surface area contributed by atoms with Crippen LogP contribution in [0.4, 0.5) is 4.79 Å². The largest absolute Gasteiger partial charge is 0.508 e. The van der Waals surface area contributed by atoms with Gasteiger partial charge >= 0.3 is 6.16 Å². The highest BCUT2D eigenvalue weighted by Crippen LogP contribution is 2.46. The van der Waals surface area contributed by atoms with Crippen molar-refractivity contribution in [2.24, 2.45) is 10.8 Å². The minimum Gasteiger partial charge on any atom is -0.490 e.